The predicted molar refractivity (Wildman–Crippen MR) is 65.2 cm³/mol. The predicted octanol–water partition coefficient (Wildman–Crippen LogP) is 1.66. The molecule has 0 heterocycles. The lowest BCUT2D eigenvalue weighted by atomic mass is 10.4. The van der Waals surface area contributed by atoms with E-state index in [-0.39, 0.29) is 0 Å². The second-order valence-electron chi connectivity index (χ2n) is 3.36. The Morgan fingerprint density at radius 3 is 1.50 bits per heavy atom. The molecule has 2 aromatic rings. The first-order valence-corrected chi connectivity index (χ1v) is 6.82. The van der Waals surface area contributed by atoms with Crippen LogP contribution in [0, 0.1) is 0 Å². The summed E-state index contributed by atoms with van der Waals surface area (Å²) in [7, 11) is -2.21. The summed E-state index contributed by atoms with van der Waals surface area (Å²) in [5.74, 6) is 0. The van der Waals surface area contributed by atoms with E-state index in [0.717, 1.165) is 10.4 Å². The summed E-state index contributed by atoms with van der Waals surface area (Å²) in [6, 6.07) is 20.3. The quantitative estimate of drug-likeness (QED) is 0.645. The van der Waals surface area contributed by atoms with Crippen molar-refractivity contribution in [2.45, 2.75) is 6.55 Å². The van der Waals surface area contributed by atoms with Crippen LogP contribution in [0.15, 0.2) is 60.7 Å². The minimum absolute atomic E-state index is 1.16. The highest BCUT2D eigenvalue weighted by Gasteiger charge is 2.07. The van der Waals surface area contributed by atoms with Gasteiger partial charge in [0, 0.05) is 1.23 Å². The van der Waals surface area contributed by atoms with Gasteiger partial charge in [0.25, 0.3) is 0 Å². The Balaban J connectivity index is 2.44. The van der Waals surface area contributed by atoms with Crippen molar-refractivity contribution in [1.82, 2.24) is 0 Å². The van der Waals surface area contributed by atoms with Crippen molar-refractivity contribution < 1.29 is 0 Å². The first-order chi connectivity index (χ1) is 7.21. The van der Waals surface area contributed by atoms with Crippen molar-refractivity contribution >= 4 is 19.1 Å². The van der Waals surface area contributed by atoms with Crippen molar-refractivity contribution in [2.75, 3.05) is 0 Å². The fourth-order valence-electron chi connectivity index (χ4n) is 1.54. The Hall–Kier alpha value is -1.34. The molecule has 2 aromatic carbocycles. The number of rotatable bonds is 2. The summed E-state index contributed by atoms with van der Waals surface area (Å²) in [6.45, 7) is 2.07. The van der Waals surface area contributed by atoms with Crippen LogP contribution in [0.3, 0.4) is 0 Å². The van der Waals surface area contributed by atoms with E-state index in [1.54, 1.807) is 0 Å². The van der Waals surface area contributed by atoms with Crippen molar-refractivity contribution in [2.24, 2.45) is 0 Å². The van der Waals surface area contributed by atoms with Crippen molar-refractivity contribution in [3.8, 4) is 0 Å². The maximum Gasteiger partial charge on any atom is 0.0997 e. The van der Waals surface area contributed by atoms with Gasteiger partial charge in [0.15, 0.2) is 0 Å². The number of benzene rings is 2. The largest absolute Gasteiger partial charge is 0.0997 e. The van der Waals surface area contributed by atoms with E-state index in [9.17, 15) is 0 Å². The van der Waals surface area contributed by atoms with E-state index >= 15 is 0 Å². The summed E-state index contributed by atoms with van der Waals surface area (Å²) in [5.41, 5.74) is 0. The second kappa shape index (κ2) is 4.25. The molecule has 0 unspecified atom stereocenters. The van der Waals surface area contributed by atoms with Crippen LogP contribution in [-0.4, -0.2) is 9.96 Å². The molecule has 0 nitrogen and oxygen atoms in total. The van der Waals surface area contributed by atoms with Gasteiger partial charge in [-0.15, -0.1) is 0 Å². The zero-order valence-corrected chi connectivity index (χ0v) is 9.27. The molecule has 0 saturated heterocycles. The van der Waals surface area contributed by atoms with Gasteiger partial charge in [0.05, 0.1) is 8.73 Å². The SMILES string of the molecule is [2H][Si](C)(c1ccccc1)c1ccccc1. The Kier molecular flexibility index (Phi) is 2.43. The third-order valence-corrected chi connectivity index (χ3v) is 4.81. The lowest BCUT2D eigenvalue weighted by molar-refractivity contribution is 1.72. The van der Waals surface area contributed by atoms with Crippen molar-refractivity contribution in [1.29, 1.82) is 1.23 Å². The van der Waals surface area contributed by atoms with Crippen molar-refractivity contribution in [3.63, 3.8) is 0 Å². The molecule has 0 saturated carbocycles. The van der Waals surface area contributed by atoms with E-state index in [1.807, 2.05) is 36.4 Å². The number of hydrogen-bond donors (Lipinski definition) is 0. The lowest BCUT2D eigenvalue weighted by Gasteiger charge is -2.09. The maximum absolute atomic E-state index is 8.55. The summed E-state index contributed by atoms with van der Waals surface area (Å²) in [5, 5.41) is 2.33. The monoisotopic (exact) mass is 199 g/mol. The smallest absolute Gasteiger partial charge is 0.0642 e. The minimum atomic E-state index is -2.21. The summed E-state index contributed by atoms with van der Waals surface area (Å²) in [6.07, 6.45) is 0. The number of hydrogen-bond acceptors (Lipinski definition) is 0. The van der Waals surface area contributed by atoms with E-state index in [0.29, 0.717) is 0 Å². The molecule has 0 spiro atoms. The third kappa shape index (κ3) is 1.94. The third-order valence-electron chi connectivity index (χ3n) is 2.41. The lowest BCUT2D eigenvalue weighted by Crippen LogP contribution is -2.38. The van der Waals surface area contributed by atoms with Crippen molar-refractivity contribution in [3.05, 3.63) is 60.7 Å². The Morgan fingerprint density at radius 2 is 1.14 bits per heavy atom. The van der Waals surface area contributed by atoms with E-state index in [4.69, 9.17) is 1.23 Å². The molecule has 0 aliphatic rings. The molecule has 0 amide bonds. The molecule has 0 aliphatic heterocycles. The second-order valence-corrected chi connectivity index (χ2v) is 5.76. The van der Waals surface area contributed by atoms with Gasteiger partial charge >= 0.3 is 0 Å². The van der Waals surface area contributed by atoms with Gasteiger partial charge in [-0.25, -0.2) is 0 Å². The van der Waals surface area contributed by atoms with Crippen LogP contribution in [-0.2, 0) is 0 Å². The highest BCUT2D eigenvalue weighted by molar-refractivity contribution is 6.84. The molecule has 0 radical (unpaired) electrons. The zero-order valence-electron chi connectivity index (χ0n) is 9.27. The van der Waals surface area contributed by atoms with Crippen LogP contribution in [0.2, 0.25) is 6.55 Å². The van der Waals surface area contributed by atoms with Crippen LogP contribution >= 0.6 is 0 Å². The van der Waals surface area contributed by atoms with E-state index in [2.05, 4.69) is 30.8 Å². The van der Waals surface area contributed by atoms with E-state index in [1.165, 1.54) is 0 Å². The first-order valence-electron chi connectivity index (χ1n) is 5.32. The molecule has 1 heteroatoms. The van der Waals surface area contributed by atoms with Crippen LogP contribution in [0.5, 0.6) is 0 Å². The Morgan fingerprint density at radius 1 is 0.786 bits per heavy atom. The molecule has 0 N–H and O–H groups in total. The summed E-state index contributed by atoms with van der Waals surface area (Å²) in [4.78, 5) is 0. The van der Waals surface area contributed by atoms with Gasteiger partial charge in [0.2, 0.25) is 0 Å². The summed E-state index contributed by atoms with van der Waals surface area (Å²) >= 11 is 0. The van der Waals surface area contributed by atoms with Crippen LogP contribution in [0.25, 0.3) is 0 Å². The minimum Gasteiger partial charge on any atom is -0.0642 e. The van der Waals surface area contributed by atoms with Crippen LogP contribution in [0.1, 0.15) is 0 Å². The highest BCUT2D eigenvalue weighted by atomic mass is 28.3. The maximum atomic E-state index is 8.55. The van der Waals surface area contributed by atoms with E-state index < -0.39 is 8.73 Å². The van der Waals surface area contributed by atoms with Gasteiger partial charge in [0.1, 0.15) is 0 Å². The Bertz CT molecular complexity index is 381. The van der Waals surface area contributed by atoms with Crippen LogP contribution in [0.4, 0.5) is 0 Å². The van der Waals surface area contributed by atoms with Crippen LogP contribution < -0.4 is 10.4 Å². The summed E-state index contributed by atoms with van der Waals surface area (Å²) < 4.78 is 8.55. The Labute approximate surface area is 88.1 Å². The van der Waals surface area contributed by atoms with Gasteiger partial charge in [-0.3, -0.25) is 0 Å². The van der Waals surface area contributed by atoms with Gasteiger partial charge in [-0.2, -0.15) is 0 Å². The fourth-order valence-corrected chi connectivity index (χ4v) is 3.26. The molecule has 0 fully saturated rings. The molecular formula is C13H14Si. The molecule has 14 heavy (non-hydrogen) atoms. The molecule has 2 rings (SSSR count). The zero-order chi connectivity index (χ0) is 10.7. The molecule has 0 bridgehead atoms. The van der Waals surface area contributed by atoms with Gasteiger partial charge in [-0.1, -0.05) is 77.6 Å². The first kappa shape index (κ1) is 8.01. The average Bonchev–Trinajstić information content (AvgIpc) is 2.31. The molecule has 70 valence electrons. The molecular weight excluding hydrogens is 184 g/mol. The van der Waals surface area contributed by atoms with Gasteiger partial charge < -0.3 is 0 Å². The van der Waals surface area contributed by atoms with Gasteiger partial charge in [-0.05, 0) is 0 Å². The fraction of sp³-hybridized carbons (Fsp3) is 0.0769. The topological polar surface area (TPSA) is 0 Å². The normalized spacial score (nSPS) is 12.2. The average molecular weight is 199 g/mol. The molecule has 0 aliphatic carbocycles. The molecule has 0 aromatic heterocycles. The standard InChI is InChI=1S/C13H14Si/c1-14(12-8-4-2-5-9-12)13-10-6-3-7-11-13/h2-11,14H,1H3/i14D. The molecule has 0 atom stereocenters. The highest BCUT2D eigenvalue weighted by Crippen LogP contribution is 1.91.